The molecule has 2 aromatic heterocycles. The molecule has 4 rings (SSSR count). The van der Waals surface area contributed by atoms with E-state index < -0.39 is 0 Å². The first-order valence-corrected chi connectivity index (χ1v) is 10.2. The Hall–Kier alpha value is -2.27. The molecule has 3 heterocycles. The van der Waals surface area contributed by atoms with Crippen molar-refractivity contribution < 1.29 is 4.79 Å². The Balaban J connectivity index is 1.62. The first-order chi connectivity index (χ1) is 12.6. The summed E-state index contributed by atoms with van der Waals surface area (Å²) < 4.78 is 0.983. The molecular weight excluding hydrogens is 364 g/mol. The van der Waals surface area contributed by atoms with Crippen LogP contribution >= 0.6 is 22.7 Å². The van der Waals surface area contributed by atoms with Gasteiger partial charge in [0.15, 0.2) is 5.01 Å². The molecule has 1 aliphatic heterocycles. The second-order valence-electron chi connectivity index (χ2n) is 6.57. The second kappa shape index (κ2) is 6.80. The number of benzene rings is 1. The molecule has 0 spiro atoms. The Bertz CT molecular complexity index is 995. The van der Waals surface area contributed by atoms with Crippen molar-refractivity contribution in [1.29, 1.82) is 5.26 Å². The summed E-state index contributed by atoms with van der Waals surface area (Å²) in [6.45, 7) is 6.14. The number of nitrogens with one attached hydrogen (secondary N) is 1. The van der Waals surface area contributed by atoms with Crippen LogP contribution in [0, 0.1) is 11.3 Å². The predicted molar refractivity (Wildman–Crippen MR) is 106 cm³/mol. The third-order valence-electron chi connectivity index (χ3n) is 4.64. The average Bonchev–Trinajstić information content (AvgIpc) is 3.21. The van der Waals surface area contributed by atoms with Gasteiger partial charge in [-0.15, -0.1) is 22.7 Å². The summed E-state index contributed by atoms with van der Waals surface area (Å²) in [5, 5.41) is 13.6. The lowest BCUT2D eigenvalue weighted by molar-refractivity contribution is 0.102. The van der Waals surface area contributed by atoms with Gasteiger partial charge < -0.3 is 5.32 Å². The zero-order valence-electron chi connectivity index (χ0n) is 14.6. The molecule has 0 aliphatic carbocycles. The lowest BCUT2D eigenvalue weighted by atomic mass is 10.0. The predicted octanol–water partition coefficient (Wildman–Crippen LogP) is 4.25. The Labute approximate surface area is 159 Å². The smallest absolute Gasteiger partial charge is 0.285 e. The molecule has 1 aromatic carbocycles. The fourth-order valence-electron chi connectivity index (χ4n) is 3.20. The summed E-state index contributed by atoms with van der Waals surface area (Å²) in [6, 6.07) is 10.5. The van der Waals surface area contributed by atoms with Crippen molar-refractivity contribution in [2.45, 2.75) is 32.9 Å². The minimum absolute atomic E-state index is 0.248. The van der Waals surface area contributed by atoms with Crippen molar-refractivity contribution in [2.24, 2.45) is 0 Å². The molecule has 0 saturated carbocycles. The number of anilines is 1. The van der Waals surface area contributed by atoms with Crippen LogP contribution in [0.2, 0.25) is 0 Å². The van der Waals surface area contributed by atoms with Crippen LogP contribution in [0.5, 0.6) is 0 Å². The van der Waals surface area contributed by atoms with Gasteiger partial charge in [-0.2, -0.15) is 5.26 Å². The molecule has 0 saturated heterocycles. The molecule has 3 aromatic rings. The number of nitrogens with zero attached hydrogens (tertiary/aromatic N) is 3. The van der Waals surface area contributed by atoms with E-state index >= 15 is 0 Å². The number of rotatable bonds is 3. The maximum atomic E-state index is 12.7. The normalized spacial score (nSPS) is 14.4. The van der Waals surface area contributed by atoms with Crippen LogP contribution in [0.25, 0.3) is 10.2 Å². The van der Waals surface area contributed by atoms with E-state index in [1.54, 1.807) is 0 Å². The maximum Gasteiger partial charge on any atom is 0.285 e. The zero-order valence-corrected chi connectivity index (χ0v) is 16.2. The van der Waals surface area contributed by atoms with Crippen molar-refractivity contribution in [3.05, 3.63) is 45.3 Å². The number of thiophene rings is 1. The third-order valence-corrected chi connectivity index (χ3v) is 6.81. The SMILES string of the molecule is CC(C)N1CCc2c(sc(NC(=O)c3nc4ccccc4s3)c2C#N)C1. The van der Waals surface area contributed by atoms with Gasteiger partial charge in [0, 0.05) is 24.0 Å². The highest BCUT2D eigenvalue weighted by Crippen LogP contribution is 2.37. The number of aromatic nitrogens is 1. The molecule has 0 atom stereocenters. The average molecular weight is 383 g/mol. The van der Waals surface area contributed by atoms with Crippen molar-refractivity contribution in [3.63, 3.8) is 0 Å². The van der Waals surface area contributed by atoms with Crippen LogP contribution in [-0.4, -0.2) is 28.4 Å². The van der Waals surface area contributed by atoms with Gasteiger partial charge in [0.25, 0.3) is 5.91 Å². The largest absolute Gasteiger partial charge is 0.310 e. The van der Waals surface area contributed by atoms with Gasteiger partial charge in [-0.25, -0.2) is 4.98 Å². The summed E-state index contributed by atoms with van der Waals surface area (Å²) in [7, 11) is 0. The van der Waals surface area contributed by atoms with Gasteiger partial charge in [-0.05, 0) is 38.0 Å². The minimum Gasteiger partial charge on any atom is -0.310 e. The van der Waals surface area contributed by atoms with Gasteiger partial charge in [-0.1, -0.05) is 12.1 Å². The van der Waals surface area contributed by atoms with Crippen LogP contribution in [0.4, 0.5) is 5.00 Å². The van der Waals surface area contributed by atoms with Crippen LogP contribution in [0.1, 0.15) is 39.7 Å². The lowest BCUT2D eigenvalue weighted by Gasteiger charge is -2.30. The van der Waals surface area contributed by atoms with Crippen molar-refractivity contribution in [1.82, 2.24) is 9.88 Å². The minimum atomic E-state index is -0.248. The zero-order chi connectivity index (χ0) is 18.3. The summed E-state index contributed by atoms with van der Waals surface area (Å²) in [4.78, 5) is 20.6. The molecule has 0 unspecified atom stereocenters. The van der Waals surface area contributed by atoms with Gasteiger partial charge in [-0.3, -0.25) is 9.69 Å². The highest BCUT2D eigenvalue weighted by atomic mass is 32.1. The molecule has 1 aliphatic rings. The van der Waals surface area contributed by atoms with Crippen molar-refractivity contribution in [3.8, 4) is 6.07 Å². The van der Waals surface area contributed by atoms with Gasteiger partial charge in [0.05, 0.1) is 15.8 Å². The molecule has 26 heavy (non-hydrogen) atoms. The first-order valence-electron chi connectivity index (χ1n) is 8.52. The van der Waals surface area contributed by atoms with E-state index in [-0.39, 0.29) is 5.91 Å². The van der Waals surface area contributed by atoms with Gasteiger partial charge in [0.1, 0.15) is 11.1 Å². The number of amides is 1. The maximum absolute atomic E-state index is 12.7. The number of hydrogen-bond donors (Lipinski definition) is 1. The number of thiazole rings is 1. The molecule has 0 radical (unpaired) electrons. The van der Waals surface area contributed by atoms with E-state index in [1.807, 2.05) is 24.3 Å². The van der Waals surface area contributed by atoms with Crippen molar-refractivity contribution in [2.75, 3.05) is 11.9 Å². The number of hydrogen-bond acceptors (Lipinski definition) is 6. The highest BCUT2D eigenvalue weighted by molar-refractivity contribution is 7.20. The van der Waals surface area contributed by atoms with Gasteiger partial charge in [0.2, 0.25) is 0 Å². The fraction of sp³-hybridized carbons (Fsp3) is 0.316. The summed E-state index contributed by atoms with van der Waals surface area (Å²) in [5.41, 5.74) is 2.53. The van der Waals surface area contributed by atoms with E-state index in [0.29, 0.717) is 21.6 Å². The first kappa shape index (κ1) is 17.2. The van der Waals surface area contributed by atoms with E-state index in [4.69, 9.17) is 0 Å². The van der Waals surface area contributed by atoms with E-state index in [0.717, 1.165) is 35.3 Å². The standard InChI is InChI=1S/C19H18N4OS2/c1-11(2)23-8-7-12-13(9-20)18(26-16(12)10-23)22-17(24)19-21-14-5-3-4-6-15(14)25-19/h3-6,11H,7-8,10H2,1-2H3,(H,22,24). The Kier molecular flexibility index (Phi) is 4.49. The topological polar surface area (TPSA) is 69.0 Å². The summed E-state index contributed by atoms with van der Waals surface area (Å²) >= 11 is 2.89. The Morgan fingerprint density at radius 1 is 1.35 bits per heavy atom. The van der Waals surface area contributed by atoms with Crippen LogP contribution in [0.3, 0.4) is 0 Å². The molecule has 0 fully saturated rings. The fourth-order valence-corrected chi connectivity index (χ4v) is 5.28. The highest BCUT2D eigenvalue weighted by Gasteiger charge is 2.26. The van der Waals surface area contributed by atoms with Crippen LogP contribution in [-0.2, 0) is 13.0 Å². The number of fused-ring (bicyclic) bond motifs is 2. The monoisotopic (exact) mass is 382 g/mol. The summed E-state index contributed by atoms with van der Waals surface area (Å²) in [5.74, 6) is -0.248. The molecule has 0 bridgehead atoms. The molecule has 7 heteroatoms. The number of nitriles is 1. The quantitative estimate of drug-likeness (QED) is 0.735. The molecule has 132 valence electrons. The molecular formula is C19H18N4OS2. The second-order valence-corrected chi connectivity index (χ2v) is 8.71. The summed E-state index contributed by atoms with van der Waals surface area (Å²) in [6.07, 6.45) is 0.851. The molecule has 5 nitrogen and oxygen atoms in total. The van der Waals surface area contributed by atoms with Crippen LogP contribution < -0.4 is 5.32 Å². The van der Waals surface area contributed by atoms with Crippen molar-refractivity contribution >= 4 is 43.8 Å². The van der Waals surface area contributed by atoms with E-state index in [9.17, 15) is 10.1 Å². The molecule has 1 N–H and O–H groups in total. The lowest BCUT2D eigenvalue weighted by Crippen LogP contribution is -2.35. The van der Waals surface area contributed by atoms with Gasteiger partial charge >= 0.3 is 0 Å². The van der Waals surface area contributed by atoms with Crippen LogP contribution in [0.15, 0.2) is 24.3 Å². The number of carbonyl (C=O) groups is 1. The Morgan fingerprint density at radius 3 is 2.88 bits per heavy atom. The van der Waals surface area contributed by atoms with E-state index in [2.05, 4.69) is 35.1 Å². The van der Waals surface area contributed by atoms with E-state index in [1.165, 1.54) is 27.6 Å². The third kappa shape index (κ3) is 3.01. The molecule has 1 amide bonds. The number of para-hydroxylation sites is 1. The number of carbonyl (C=O) groups excluding carboxylic acids is 1. The Morgan fingerprint density at radius 2 is 2.15 bits per heavy atom.